The van der Waals surface area contributed by atoms with Crippen molar-refractivity contribution in [2.24, 2.45) is 0 Å². The Balaban J connectivity index is 1.64. The van der Waals surface area contributed by atoms with Crippen LogP contribution in [0.15, 0.2) is 60.7 Å². The molecule has 0 aliphatic carbocycles. The minimum absolute atomic E-state index is 0.173. The number of hydrogen-bond donors (Lipinski definition) is 0. The lowest BCUT2D eigenvalue weighted by molar-refractivity contribution is 0.0599. The summed E-state index contributed by atoms with van der Waals surface area (Å²) in [5.41, 5.74) is 1.60. The highest BCUT2D eigenvalue weighted by molar-refractivity contribution is 6.34. The first-order valence-corrected chi connectivity index (χ1v) is 10.6. The average molecular weight is 468 g/mol. The van der Waals surface area contributed by atoms with Gasteiger partial charge in [0, 0.05) is 13.1 Å². The number of likely N-dealkylation sites (N-methyl/N-ethyl adjacent to an activating group) is 1. The number of ether oxygens (including phenoxy) is 4. The minimum Gasteiger partial charge on any atom is -0.489 e. The van der Waals surface area contributed by atoms with Gasteiger partial charge in [-0.2, -0.15) is 0 Å². The third-order valence-corrected chi connectivity index (χ3v) is 5.45. The zero-order valence-corrected chi connectivity index (χ0v) is 18.9. The van der Waals surface area contributed by atoms with Crippen molar-refractivity contribution in [3.8, 4) is 23.0 Å². The van der Waals surface area contributed by atoms with Crippen LogP contribution in [0.3, 0.4) is 0 Å². The van der Waals surface area contributed by atoms with E-state index in [9.17, 15) is 9.59 Å². The van der Waals surface area contributed by atoms with Gasteiger partial charge in [0.15, 0.2) is 5.75 Å². The molecule has 0 N–H and O–H groups in total. The Morgan fingerprint density at radius 2 is 1.85 bits per heavy atom. The quantitative estimate of drug-likeness (QED) is 0.477. The van der Waals surface area contributed by atoms with Crippen molar-refractivity contribution < 1.29 is 28.5 Å². The third-order valence-electron chi connectivity index (χ3n) is 5.09. The fraction of sp³-hybridized carbons (Fsp3) is 0.200. The van der Waals surface area contributed by atoms with E-state index < -0.39 is 5.97 Å². The zero-order valence-electron chi connectivity index (χ0n) is 18.2. The van der Waals surface area contributed by atoms with Gasteiger partial charge in [0.25, 0.3) is 5.91 Å². The maximum atomic E-state index is 12.5. The van der Waals surface area contributed by atoms with Gasteiger partial charge in [0.05, 0.1) is 24.8 Å². The van der Waals surface area contributed by atoms with E-state index in [-0.39, 0.29) is 28.0 Å². The second kappa shape index (κ2) is 9.83. The van der Waals surface area contributed by atoms with E-state index in [1.807, 2.05) is 30.3 Å². The summed E-state index contributed by atoms with van der Waals surface area (Å²) in [6.07, 6.45) is 0. The number of nitrogens with zero attached hydrogens (tertiary/aromatic N) is 1. The maximum Gasteiger partial charge on any atom is 0.338 e. The molecule has 0 saturated carbocycles. The van der Waals surface area contributed by atoms with Crippen LogP contribution in [0.4, 0.5) is 0 Å². The van der Waals surface area contributed by atoms with Crippen molar-refractivity contribution in [3.63, 3.8) is 0 Å². The molecule has 0 aromatic heterocycles. The molecule has 33 heavy (non-hydrogen) atoms. The first-order chi connectivity index (χ1) is 16.0. The van der Waals surface area contributed by atoms with E-state index in [4.69, 9.17) is 30.5 Å². The topological polar surface area (TPSA) is 74.3 Å². The Labute approximate surface area is 196 Å². The predicted molar refractivity (Wildman–Crippen MR) is 123 cm³/mol. The van der Waals surface area contributed by atoms with Gasteiger partial charge < -0.3 is 23.8 Å². The van der Waals surface area contributed by atoms with Crippen molar-refractivity contribution in [2.75, 3.05) is 27.3 Å². The Kier molecular flexibility index (Phi) is 6.70. The van der Waals surface area contributed by atoms with Crippen molar-refractivity contribution >= 4 is 23.5 Å². The molecule has 0 radical (unpaired) electrons. The highest BCUT2D eigenvalue weighted by Crippen LogP contribution is 2.41. The van der Waals surface area contributed by atoms with Crippen molar-refractivity contribution in [1.29, 1.82) is 0 Å². The first-order valence-electron chi connectivity index (χ1n) is 10.2. The van der Waals surface area contributed by atoms with Gasteiger partial charge in [-0.15, -0.1) is 0 Å². The van der Waals surface area contributed by atoms with Gasteiger partial charge in [0.1, 0.15) is 35.5 Å². The van der Waals surface area contributed by atoms with Crippen LogP contribution >= 0.6 is 11.6 Å². The van der Waals surface area contributed by atoms with Crippen LogP contribution in [0.1, 0.15) is 26.3 Å². The number of esters is 1. The van der Waals surface area contributed by atoms with Crippen LogP contribution in [0, 0.1) is 0 Å². The van der Waals surface area contributed by atoms with Gasteiger partial charge >= 0.3 is 5.97 Å². The number of fused-ring (bicyclic) bond motifs is 1. The lowest BCUT2D eigenvalue weighted by Crippen LogP contribution is -2.27. The molecule has 7 nitrogen and oxygen atoms in total. The molecule has 0 atom stereocenters. The molecule has 0 spiro atoms. The van der Waals surface area contributed by atoms with Crippen molar-refractivity contribution in [1.82, 2.24) is 4.90 Å². The summed E-state index contributed by atoms with van der Waals surface area (Å²) in [6, 6.07) is 17.6. The number of carbonyl (C=O) groups is 2. The predicted octanol–water partition coefficient (Wildman–Crippen LogP) is 4.96. The summed E-state index contributed by atoms with van der Waals surface area (Å²) < 4.78 is 22.4. The number of carbonyl (C=O) groups excluding carboxylic acids is 2. The molecule has 170 valence electrons. The normalized spacial score (nSPS) is 12.9. The molecule has 0 unspecified atom stereocenters. The molecule has 1 amide bonds. The fourth-order valence-corrected chi connectivity index (χ4v) is 3.59. The molecule has 8 heteroatoms. The van der Waals surface area contributed by atoms with Crippen LogP contribution in [0.2, 0.25) is 5.02 Å². The molecule has 0 fully saturated rings. The van der Waals surface area contributed by atoms with Crippen LogP contribution in [0.5, 0.6) is 23.0 Å². The van der Waals surface area contributed by atoms with Gasteiger partial charge in [-0.25, -0.2) is 4.79 Å². The van der Waals surface area contributed by atoms with Gasteiger partial charge in [-0.3, -0.25) is 4.79 Å². The van der Waals surface area contributed by atoms with E-state index in [0.717, 1.165) is 5.56 Å². The summed E-state index contributed by atoms with van der Waals surface area (Å²) in [4.78, 5) is 26.3. The highest BCUT2D eigenvalue weighted by Gasteiger charge is 2.25. The lowest BCUT2D eigenvalue weighted by atomic mass is 10.1. The highest BCUT2D eigenvalue weighted by atomic mass is 35.5. The number of halogens is 1. The molecule has 0 saturated heterocycles. The molecule has 1 heterocycles. The number of hydrogen-bond acceptors (Lipinski definition) is 6. The first kappa shape index (κ1) is 22.5. The van der Waals surface area contributed by atoms with Crippen molar-refractivity contribution in [3.05, 3.63) is 82.4 Å². The summed E-state index contributed by atoms with van der Waals surface area (Å²) in [5, 5.41) is 0.173. The minimum atomic E-state index is -0.532. The average Bonchev–Trinajstić information content (AvgIpc) is 2.98. The second-order valence-corrected chi connectivity index (χ2v) is 7.77. The van der Waals surface area contributed by atoms with Crippen molar-refractivity contribution in [2.45, 2.75) is 6.61 Å². The SMILES string of the molecule is COC(=O)c1cc(OCc2ccccc2)cc(Oc2ccc3c(c2Cl)OCCN(C)C3=O)c1. The monoisotopic (exact) mass is 467 g/mol. The van der Waals surface area contributed by atoms with Gasteiger partial charge in [0.2, 0.25) is 0 Å². The Morgan fingerprint density at radius 3 is 2.61 bits per heavy atom. The molecule has 1 aliphatic heterocycles. The lowest BCUT2D eigenvalue weighted by Gasteiger charge is -2.15. The Bertz CT molecular complexity index is 1180. The summed E-state index contributed by atoms with van der Waals surface area (Å²) in [7, 11) is 3.00. The summed E-state index contributed by atoms with van der Waals surface area (Å²) in [6.45, 7) is 1.07. The number of rotatable bonds is 6. The molecular weight excluding hydrogens is 446 g/mol. The third kappa shape index (κ3) is 5.04. The van der Waals surface area contributed by atoms with Crippen LogP contribution in [-0.4, -0.2) is 44.1 Å². The van der Waals surface area contributed by atoms with E-state index in [1.165, 1.54) is 13.2 Å². The largest absolute Gasteiger partial charge is 0.489 e. The van der Waals surface area contributed by atoms with E-state index in [2.05, 4.69) is 0 Å². The molecule has 3 aromatic rings. The number of methoxy groups -OCH3 is 1. The molecule has 3 aromatic carbocycles. The zero-order chi connectivity index (χ0) is 23.4. The van der Waals surface area contributed by atoms with E-state index in [1.54, 1.807) is 36.2 Å². The fourth-order valence-electron chi connectivity index (χ4n) is 3.34. The second-order valence-electron chi connectivity index (χ2n) is 7.39. The van der Waals surface area contributed by atoms with Crippen LogP contribution < -0.4 is 14.2 Å². The van der Waals surface area contributed by atoms with E-state index in [0.29, 0.717) is 36.8 Å². The van der Waals surface area contributed by atoms with Crippen LogP contribution in [-0.2, 0) is 11.3 Å². The van der Waals surface area contributed by atoms with Crippen LogP contribution in [0.25, 0.3) is 0 Å². The Hall–Kier alpha value is -3.71. The van der Waals surface area contributed by atoms with Gasteiger partial charge in [-0.05, 0) is 29.8 Å². The Morgan fingerprint density at radius 1 is 1.09 bits per heavy atom. The molecular formula is C25H22ClNO6. The smallest absolute Gasteiger partial charge is 0.338 e. The molecule has 4 rings (SSSR count). The molecule has 1 aliphatic rings. The molecule has 0 bridgehead atoms. The standard InChI is InChI=1S/C25H22ClNO6/c1-27-10-11-31-23-20(24(27)28)8-9-21(22(23)26)33-19-13-17(25(29)30-2)12-18(14-19)32-15-16-6-4-3-5-7-16/h3-9,12-14H,10-11,15H2,1-2H3. The van der Waals surface area contributed by atoms with Gasteiger partial charge in [-0.1, -0.05) is 41.9 Å². The maximum absolute atomic E-state index is 12.5. The summed E-state index contributed by atoms with van der Waals surface area (Å²) >= 11 is 6.53. The number of benzene rings is 3. The summed E-state index contributed by atoms with van der Waals surface area (Å²) in [5.74, 6) is 0.586. The number of amides is 1. The van der Waals surface area contributed by atoms with E-state index >= 15 is 0 Å².